The van der Waals surface area contributed by atoms with E-state index in [9.17, 15) is 19.7 Å². The molecule has 3 aromatic carbocycles. The van der Waals surface area contributed by atoms with Crippen LogP contribution in [0.5, 0.6) is 0 Å². The number of carbonyl (C=O) groups is 2. The number of nitro benzene ring substituents is 1. The van der Waals surface area contributed by atoms with Crippen LogP contribution in [0.15, 0.2) is 95.1 Å². The molecule has 0 aliphatic carbocycles. The molecule has 35 heavy (non-hydrogen) atoms. The molecule has 4 rings (SSSR count). The molecule has 174 valence electrons. The first kappa shape index (κ1) is 23.0. The highest BCUT2D eigenvalue weighted by Crippen LogP contribution is 2.29. The molecule has 11 nitrogen and oxygen atoms in total. The maximum Gasteiger partial charge on any atom is 0.271 e. The molecule has 11 heteroatoms. The fourth-order valence-electron chi connectivity index (χ4n) is 3.24. The summed E-state index contributed by atoms with van der Waals surface area (Å²) in [6.45, 7) is 0. The smallest absolute Gasteiger partial charge is 0.271 e. The van der Waals surface area contributed by atoms with Crippen molar-refractivity contribution < 1.29 is 19.2 Å². The van der Waals surface area contributed by atoms with Gasteiger partial charge in [-0.2, -0.15) is 10.2 Å². The van der Waals surface area contributed by atoms with E-state index in [0.29, 0.717) is 16.7 Å². The van der Waals surface area contributed by atoms with Crippen LogP contribution in [0.1, 0.15) is 32.4 Å². The van der Waals surface area contributed by atoms with Gasteiger partial charge in [0.2, 0.25) is 5.90 Å². The molecule has 1 heterocycles. The van der Waals surface area contributed by atoms with Gasteiger partial charge in [-0.1, -0.05) is 48.5 Å². The van der Waals surface area contributed by atoms with Crippen molar-refractivity contribution in [2.75, 3.05) is 0 Å². The van der Waals surface area contributed by atoms with Gasteiger partial charge in [0.1, 0.15) is 5.71 Å². The van der Waals surface area contributed by atoms with Crippen molar-refractivity contribution in [1.29, 1.82) is 5.41 Å². The van der Waals surface area contributed by atoms with Crippen molar-refractivity contribution in [1.82, 2.24) is 10.9 Å². The van der Waals surface area contributed by atoms with Gasteiger partial charge in [-0.15, -0.1) is 0 Å². The number of hydrazone groups is 2. The molecule has 3 aromatic rings. The largest absolute Gasteiger partial charge is 0.461 e. The molecule has 2 amide bonds. The van der Waals surface area contributed by atoms with Crippen LogP contribution >= 0.6 is 0 Å². The Hall–Kier alpha value is -5.19. The van der Waals surface area contributed by atoms with Gasteiger partial charge in [0, 0.05) is 28.8 Å². The second-order valence-corrected chi connectivity index (χ2v) is 7.25. The number of nitrogens with one attached hydrogen (secondary N) is 3. The average molecular weight is 470 g/mol. The third-order valence-corrected chi connectivity index (χ3v) is 4.94. The lowest BCUT2D eigenvalue weighted by Gasteiger charge is -2.10. The molecular formula is C24H18N6O5. The Labute approximate surface area is 198 Å². The molecule has 1 atom stereocenters. The number of nitrogens with zero attached hydrogens (tertiary/aromatic N) is 3. The van der Waals surface area contributed by atoms with Crippen LogP contribution in [0, 0.1) is 15.5 Å². The van der Waals surface area contributed by atoms with Gasteiger partial charge in [0.15, 0.2) is 11.8 Å². The summed E-state index contributed by atoms with van der Waals surface area (Å²) in [7, 11) is 0. The van der Waals surface area contributed by atoms with Crippen molar-refractivity contribution in [2.45, 2.75) is 6.10 Å². The first-order valence-electron chi connectivity index (χ1n) is 10.3. The summed E-state index contributed by atoms with van der Waals surface area (Å²) in [5.41, 5.74) is 5.41. The molecule has 0 aromatic heterocycles. The molecular weight excluding hydrogens is 452 g/mol. The predicted octanol–water partition coefficient (Wildman–Crippen LogP) is 3.22. The molecule has 1 saturated heterocycles. The Morgan fingerprint density at radius 2 is 1.43 bits per heavy atom. The number of hydrogen-bond acceptors (Lipinski definition) is 8. The van der Waals surface area contributed by atoms with E-state index in [-0.39, 0.29) is 17.1 Å². The van der Waals surface area contributed by atoms with Crippen LogP contribution in [0.4, 0.5) is 5.69 Å². The SMILES string of the molecule is N=C1O[C@H](c2cccc([N+](=O)[O-])c2)C(=N/NC(=O)c2ccccc2)/C1=N\NC(=O)c1ccccc1. The zero-order chi connectivity index (χ0) is 24.8. The van der Waals surface area contributed by atoms with Crippen LogP contribution in [-0.2, 0) is 4.74 Å². The van der Waals surface area contributed by atoms with Crippen LogP contribution in [-0.4, -0.2) is 34.1 Å². The lowest BCUT2D eigenvalue weighted by atomic mass is 10.0. The van der Waals surface area contributed by atoms with E-state index in [0.717, 1.165) is 0 Å². The van der Waals surface area contributed by atoms with Gasteiger partial charge < -0.3 is 4.74 Å². The van der Waals surface area contributed by atoms with E-state index in [2.05, 4.69) is 21.1 Å². The number of hydrogen-bond donors (Lipinski definition) is 3. The predicted molar refractivity (Wildman–Crippen MR) is 127 cm³/mol. The Morgan fingerprint density at radius 1 is 0.857 bits per heavy atom. The van der Waals surface area contributed by atoms with Crippen LogP contribution < -0.4 is 10.9 Å². The van der Waals surface area contributed by atoms with Crippen molar-refractivity contribution in [3.63, 3.8) is 0 Å². The lowest BCUT2D eigenvalue weighted by Crippen LogP contribution is -2.28. The van der Waals surface area contributed by atoms with Gasteiger partial charge >= 0.3 is 0 Å². The minimum atomic E-state index is -1.08. The Morgan fingerprint density at radius 3 is 2.00 bits per heavy atom. The van der Waals surface area contributed by atoms with Crippen LogP contribution in [0.3, 0.4) is 0 Å². The molecule has 0 bridgehead atoms. The maximum absolute atomic E-state index is 12.5. The van der Waals surface area contributed by atoms with Gasteiger partial charge in [-0.05, 0) is 24.3 Å². The lowest BCUT2D eigenvalue weighted by molar-refractivity contribution is -0.384. The second-order valence-electron chi connectivity index (χ2n) is 7.25. The van der Waals surface area contributed by atoms with Gasteiger partial charge in [0.25, 0.3) is 17.5 Å². The summed E-state index contributed by atoms with van der Waals surface area (Å²) in [6, 6.07) is 22.2. The first-order valence-corrected chi connectivity index (χ1v) is 10.3. The summed E-state index contributed by atoms with van der Waals surface area (Å²) in [4.78, 5) is 35.6. The standard InChI is InChI=1S/C24H18N6O5/c25-22-20(27-29-24(32)16-10-5-2-6-11-16)19(26-28-23(31)15-8-3-1-4-9-15)21(35-22)17-12-7-13-18(14-17)30(33)34/h1-14,21,25H,(H,28,31)(H,29,32)/b25-22?,26-19+,27-20+/t21-/m1/s1. The monoisotopic (exact) mass is 470 g/mol. The Kier molecular flexibility index (Phi) is 6.68. The van der Waals surface area contributed by atoms with Crippen LogP contribution in [0.2, 0.25) is 0 Å². The summed E-state index contributed by atoms with van der Waals surface area (Å²) < 4.78 is 5.58. The topological polar surface area (TPSA) is 159 Å². The summed E-state index contributed by atoms with van der Waals surface area (Å²) in [5.74, 6) is -1.48. The highest BCUT2D eigenvalue weighted by atomic mass is 16.6. The third-order valence-electron chi connectivity index (χ3n) is 4.94. The molecule has 1 fully saturated rings. The van der Waals surface area contributed by atoms with Crippen LogP contribution in [0.25, 0.3) is 0 Å². The third kappa shape index (κ3) is 5.25. The number of nitro groups is 1. The van der Waals surface area contributed by atoms with E-state index in [1.165, 1.54) is 18.2 Å². The highest BCUT2D eigenvalue weighted by Gasteiger charge is 2.38. The minimum Gasteiger partial charge on any atom is -0.461 e. The number of non-ortho nitro benzene ring substituents is 1. The summed E-state index contributed by atoms with van der Waals surface area (Å²) in [5, 5.41) is 27.6. The molecule has 0 spiro atoms. The zero-order valence-corrected chi connectivity index (χ0v) is 18.0. The fourth-order valence-corrected chi connectivity index (χ4v) is 3.24. The Bertz CT molecular complexity index is 1360. The van der Waals surface area contributed by atoms with E-state index < -0.39 is 28.7 Å². The Balaban J connectivity index is 1.68. The summed E-state index contributed by atoms with van der Waals surface area (Å²) >= 11 is 0. The molecule has 1 aliphatic rings. The molecule has 3 N–H and O–H groups in total. The van der Waals surface area contributed by atoms with Gasteiger partial charge in [-0.25, -0.2) is 10.9 Å². The highest BCUT2D eigenvalue weighted by molar-refractivity contribution is 6.69. The van der Waals surface area contributed by atoms with Gasteiger partial charge in [-0.3, -0.25) is 25.1 Å². The molecule has 0 radical (unpaired) electrons. The van der Waals surface area contributed by atoms with E-state index in [4.69, 9.17) is 10.1 Å². The number of rotatable bonds is 6. The number of ether oxygens (including phenoxy) is 1. The van der Waals surface area contributed by atoms with Gasteiger partial charge in [0.05, 0.1) is 4.92 Å². The van der Waals surface area contributed by atoms with E-state index in [1.54, 1.807) is 66.7 Å². The van der Waals surface area contributed by atoms with E-state index in [1.807, 2.05) is 0 Å². The molecule has 0 unspecified atom stereocenters. The number of carbonyl (C=O) groups excluding carboxylic acids is 2. The van der Waals surface area contributed by atoms with Crippen molar-refractivity contribution in [3.05, 3.63) is 112 Å². The fraction of sp³-hybridized carbons (Fsp3) is 0.0417. The summed E-state index contributed by atoms with van der Waals surface area (Å²) in [6.07, 6.45) is -1.08. The zero-order valence-electron chi connectivity index (χ0n) is 18.0. The number of amides is 2. The maximum atomic E-state index is 12.5. The molecule has 0 saturated carbocycles. The first-order chi connectivity index (χ1) is 16.9. The normalized spacial score (nSPS) is 17.1. The van der Waals surface area contributed by atoms with Crippen molar-refractivity contribution in [2.24, 2.45) is 10.2 Å². The minimum absolute atomic E-state index is 0.00635. The quantitative estimate of drug-likeness (QED) is 0.372. The second kappa shape index (κ2) is 10.2. The van der Waals surface area contributed by atoms with Crippen molar-refractivity contribution in [3.8, 4) is 0 Å². The number of benzene rings is 3. The van der Waals surface area contributed by atoms with Crippen molar-refractivity contribution >= 4 is 34.8 Å². The average Bonchev–Trinajstić information content (AvgIpc) is 3.21. The molecule has 1 aliphatic heterocycles. The van der Waals surface area contributed by atoms with E-state index >= 15 is 0 Å².